The van der Waals surface area contributed by atoms with Gasteiger partial charge in [-0.05, 0) is 37.1 Å². The van der Waals surface area contributed by atoms with Crippen LogP contribution in [0, 0.1) is 20.2 Å². The largest absolute Gasteiger partial charge is 0.377 e. The summed E-state index contributed by atoms with van der Waals surface area (Å²) in [6.45, 7) is 0. The topological polar surface area (TPSA) is 98.3 Å². The number of hydrogen-bond donors (Lipinski definition) is 1. The van der Waals surface area contributed by atoms with E-state index < -0.39 is 9.85 Å². The molecule has 1 saturated carbocycles. The lowest BCUT2D eigenvalue weighted by Crippen LogP contribution is -2.22. The molecule has 0 aliphatic heterocycles. The number of benzene rings is 2. The van der Waals surface area contributed by atoms with Crippen LogP contribution in [0.1, 0.15) is 32.1 Å². The molecule has 0 spiro atoms. The standard InChI is InChI=1S/C12H15ClN2O2.C6H3Cl2NO2/c13-9-6-7-11(12(8-9)15(16)17)14-10-4-2-1-3-5-10;7-4-1-2-5(8)6(3-4)9(10)11/h6-8,10,14H,1-5H2;1-3H. The summed E-state index contributed by atoms with van der Waals surface area (Å²) in [5.41, 5.74) is 0.466. The van der Waals surface area contributed by atoms with Crippen LogP contribution in [0.15, 0.2) is 36.4 Å². The summed E-state index contributed by atoms with van der Waals surface area (Å²) in [4.78, 5) is 20.2. The Balaban J connectivity index is 0.000000221. The molecule has 2 aromatic rings. The molecule has 1 aliphatic carbocycles. The molecule has 1 aliphatic rings. The monoisotopic (exact) mass is 445 g/mol. The van der Waals surface area contributed by atoms with Gasteiger partial charge < -0.3 is 5.32 Å². The van der Waals surface area contributed by atoms with Crippen LogP contribution >= 0.6 is 34.8 Å². The number of rotatable bonds is 4. The molecule has 3 rings (SSSR count). The molecule has 0 saturated heterocycles. The van der Waals surface area contributed by atoms with Crippen LogP contribution in [0.5, 0.6) is 0 Å². The normalized spacial score (nSPS) is 14.0. The number of anilines is 1. The zero-order valence-corrected chi connectivity index (χ0v) is 17.0. The molecule has 2 aromatic carbocycles. The number of halogens is 3. The highest BCUT2D eigenvalue weighted by molar-refractivity contribution is 6.34. The van der Waals surface area contributed by atoms with Gasteiger partial charge in [-0.2, -0.15) is 0 Å². The van der Waals surface area contributed by atoms with E-state index in [1.54, 1.807) is 12.1 Å². The van der Waals surface area contributed by atoms with Gasteiger partial charge in [-0.25, -0.2) is 0 Å². The number of nitro benzene ring substituents is 2. The van der Waals surface area contributed by atoms with Gasteiger partial charge >= 0.3 is 0 Å². The van der Waals surface area contributed by atoms with E-state index in [4.69, 9.17) is 34.8 Å². The molecule has 150 valence electrons. The third-order valence-electron chi connectivity index (χ3n) is 4.23. The van der Waals surface area contributed by atoms with Gasteiger partial charge in [-0.3, -0.25) is 20.2 Å². The molecule has 0 aromatic heterocycles. The van der Waals surface area contributed by atoms with Gasteiger partial charge in [0.15, 0.2) is 0 Å². The van der Waals surface area contributed by atoms with Crippen molar-refractivity contribution in [2.75, 3.05) is 5.32 Å². The first kappa shape index (κ1) is 22.2. The molecule has 10 heteroatoms. The van der Waals surface area contributed by atoms with Crippen LogP contribution in [0.3, 0.4) is 0 Å². The van der Waals surface area contributed by atoms with Gasteiger partial charge in [0.2, 0.25) is 0 Å². The summed E-state index contributed by atoms with van der Waals surface area (Å²) in [6.07, 6.45) is 5.82. The second-order valence-electron chi connectivity index (χ2n) is 6.25. The Kier molecular flexibility index (Phi) is 8.29. The van der Waals surface area contributed by atoms with Crippen LogP contribution in [-0.2, 0) is 0 Å². The minimum absolute atomic E-state index is 0.0584. The Morgan fingerprint density at radius 2 is 1.36 bits per heavy atom. The summed E-state index contributed by atoms with van der Waals surface area (Å²) in [5, 5.41) is 25.2. The SMILES string of the molecule is O=[N+]([O-])c1cc(Cl)ccc1Cl.O=[N+]([O-])c1cc(Cl)ccc1NC1CCCCC1. The molecule has 28 heavy (non-hydrogen) atoms. The Morgan fingerprint density at radius 3 is 1.89 bits per heavy atom. The van der Waals surface area contributed by atoms with Crippen molar-refractivity contribution in [2.24, 2.45) is 0 Å². The van der Waals surface area contributed by atoms with Crippen molar-refractivity contribution in [3.05, 3.63) is 71.7 Å². The van der Waals surface area contributed by atoms with Crippen molar-refractivity contribution >= 4 is 51.9 Å². The Morgan fingerprint density at radius 1 is 0.821 bits per heavy atom. The fraction of sp³-hybridized carbons (Fsp3) is 0.333. The molecule has 0 bridgehead atoms. The second-order valence-corrected chi connectivity index (χ2v) is 7.53. The Labute approximate surface area is 176 Å². The maximum Gasteiger partial charge on any atom is 0.293 e. The van der Waals surface area contributed by atoms with Gasteiger partial charge in [0, 0.05) is 28.2 Å². The van der Waals surface area contributed by atoms with Gasteiger partial charge in [-0.15, -0.1) is 0 Å². The van der Waals surface area contributed by atoms with Crippen LogP contribution in [0.2, 0.25) is 15.1 Å². The molecule has 0 heterocycles. The average molecular weight is 447 g/mol. The molecule has 7 nitrogen and oxygen atoms in total. The minimum atomic E-state index is -0.575. The maximum atomic E-state index is 10.9. The predicted octanol–water partition coefficient (Wildman–Crippen LogP) is 6.89. The molecular formula is C18H18Cl3N3O4. The average Bonchev–Trinajstić information content (AvgIpc) is 2.66. The van der Waals surface area contributed by atoms with Crippen molar-refractivity contribution in [1.29, 1.82) is 0 Å². The summed E-state index contributed by atoms with van der Waals surface area (Å²) in [5.74, 6) is 0. The van der Waals surface area contributed by atoms with Gasteiger partial charge in [0.1, 0.15) is 10.7 Å². The van der Waals surface area contributed by atoms with Crippen molar-refractivity contribution in [2.45, 2.75) is 38.1 Å². The Hall–Kier alpha value is -2.09. The molecule has 1 fully saturated rings. The molecule has 0 atom stereocenters. The number of hydrogen-bond acceptors (Lipinski definition) is 5. The first-order valence-corrected chi connectivity index (χ1v) is 9.71. The van der Waals surface area contributed by atoms with E-state index in [1.165, 1.54) is 43.5 Å². The lowest BCUT2D eigenvalue weighted by molar-refractivity contribution is -0.384. The highest BCUT2D eigenvalue weighted by Crippen LogP contribution is 2.30. The van der Waals surface area contributed by atoms with Gasteiger partial charge in [0.05, 0.1) is 9.85 Å². The molecule has 0 unspecified atom stereocenters. The summed E-state index contributed by atoms with van der Waals surface area (Å²) in [7, 11) is 0. The molecule has 1 N–H and O–H groups in total. The lowest BCUT2D eigenvalue weighted by atomic mass is 9.95. The highest BCUT2D eigenvalue weighted by atomic mass is 35.5. The molecular weight excluding hydrogens is 429 g/mol. The van der Waals surface area contributed by atoms with Crippen LogP contribution in [0.4, 0.5) is 17.1 Å². The molecule has 0 radical (unpaired) electrons. The zero-order valence-electron chi connectivity index (χ0n) is 14.7. The van der Waals surface area contributed by atoms with Crippen LogP contribution < -0.4 is 5.32 Å². The van der Waals surface area contributed by atoms with Crippen LogP contribution in [-0.4, -0.2) is 15.9 Å². The Bertz CT molecular complexity index is 858. The minimum Gasteiger partial charge on any atom is -0.377 e. The van der Waals surface area contributed by atoms with E-state index in [1.807, 2.05) is 0 Å². The van der Waals surface area contributed by atoms with E-state index in [-0.39, 0.29) is 16.4 Å². The predicted molar refractivity (Wildman–Crippen MR) is 112 cm³/mol. The highest BCUT2D eigenvalue weighted by Gasteiger charge is 2.19. The number of nitrogens with zero attached hydrogens (tertiary/aromatic N) is 2. The number of nitrogens with one attached hydrogen (secondary N) is 1. The van der Waals surface area contributed by atoms with Gasteiger partial charge in [0.25, 0.3) is 11.4 Å². The summed E-state index contributed by atoms with van der Waals surface area (Å²) in [6, 6.07) is 9.22. The van der Waals surface area contributed by atoms with E-state index in [9.17, 15) is 20.2 Å². The fourth-order valence-corrected chi connectivity index (χ4v) is 3.39. The van der Waals surface area contributed by atoms with E-state index in [0.29, 0.717) is 21.8 Å². The number of nitro groups is 2. The first-order chi connectivity index (χ1) is 13.3. The van der Waals surface area contributed by atoms with Crippen LogP contribution in [0.25, 0.3) is 0 Å². The smallest absolute Gasteiger partial charge is 0.293 e. The summed E-state index contributed by atoms with van der Waals surface area (Å²) >= 11 is 16.8. The van der Waals surface area contributed by atoms with Crippen molar-refractivity contribution in [1.82, 2.24) is 0 Å². The third kappa shape index (κ3) is 6.51. The first-order valence-electron chi connectivity index (χ1n) is 8.58. The summed E-state index contributed by atoms with van der Waals surface area (Å²) < 4.78 is 0. The van der Waals surface area contributed by atoms with Crippen molar-refractivity contribution < 1.29 is 9.85 Å². The third-order valence-corrected chi connectivity index (χ3v) is 5.02. The maximum absolute atomic E-state index is 10.9. The van der Waals surface area contributed by atoms with E-state index in [0.717, 1.165) is 12.8 Å². The molecule has 0 amide bonds. The second kappa shape index (κ2) is 10.5. The lowest BCUT2D eigenvalue weighted by Gasteiger charge is -2.23. The van der Waals surface area contributed by atoms with E-state index >= 15 is 0 Å². The quantitative estimate of drug-likeness (QED) is 0.407. The van der Waals surface area contributed by atoms with Crippen molar-refractivity contribution in [3.8, 4) is 0 Å². The van der Waals surface area contributed by atoms with Crippen molar-refractivity contribution in [3.63, 3.8) is 0 Å². The zero-order chi connectivity index (χ0) is 20.7. The van der Waals surface area contributed by atoms with E-state index in [2.05, 4.69) is 5.32 Å². The fourth-order valence-electron chi connectivity index (χ4n) is 2.87. The van der Waals surface area contributed by atoms with Gasteiger partial charge in [-0.1, -0.05) is 54.1 Å².